The van der Waals surface area contributed by atoms with E-state index in [4.69, 9.17) is 0 Å². The first-order valence-electron chi connectivity index (χ1n) is 8.24. The lowest BCUT2D eigenvalue weighted by Crippen LogP contribution is -2.40. The van der Waals surface area contributed by atoms with Gasteiger partial charge in [0.05, 0.1) is 0 Å². The third kappa shape index (κ3) is 4.13. The van der Waals surface area contributed by atoms with Gasteiger partial charge in [-0.3, -0.25) is 4.99 Å². The molecule has 0 aliphatic heterocycles. The van der Waals surface area contributed by atoms with Crippen molar-refractivity contribution in [2.75, 3.05) is 13.6 Å². The molecule has 0 saturated heterocycles. The molecular formula is C19H20F3N3. The van der Waals surface area contributed by atoms with Crippen LogP contribution in [0.25, 0.3) is 0 Å². The van der Waals surface area contributed by atoms with Gasteiger partial charge in [-0.1, -0.05) is 24.3 Å². The van der Waals surface area contributed by atoms with Crippen LogP contribution >= 0.6 is 0 Å². The van der Waals surface area contributed by atoms with Crippen LogP contribution in [0.15, 0.2) is 47.5 Å². The zero-order chi connectivity index (χ0) is 17.8. The van der Waals surface area contributed by atoms with Gasteiger partial charge in [-0.15, -0.1) is 0 Å². The Morgan fingerprint density at radius 1 is 1.04 bits per heavy atom. The number of hydrogen-bond acceptors (Lipinski definition) is 1. The van der Waals surface area contributed by atoms with Gasteiger partial charge in [0.15, 0.2) is 5.96 Å². The van der Waals surface area contributed by atoms with E-state index >= 15 is 0 Å². The summed E-state index contributed by atoms with van der Waals surface area (Å²) in [7, 11) is 1.62. The first kappa shape index (κ1) is 17.3. The molecule has 2 atom stereocenters. The molecule has 0 amide bonds. The predicted molar refractivity (Wildman–Crippen MR) is 92.1 cm³/mol. The molecule has 1 fully saturated rings. The number of aliphatic imine (C=N–C) groups is 1. The largest absolute Gasteiger partial charge is 0.356 e. The molecular weight excluding hydrogens is 327 g/mol. The van der Waals surface area contributed by atoms with Crippen LogP contribution in [0.4, 0.5) is 13.2 Å². The molecule has 2 N–H and O–H groups in total. The summed E-state index contributed by atoms with van der Waals surface area (Å²) in [6.07, 6.45) is 1.16. The van der Waals surface area contributed by atoms with Crippen molar-refractivity contribution in [3.63, 3.8) is 0 Å². The van der Waals surface area contributed by atoms with E-state index in [0.717, 1.165) is 0 Å². The van der Waals surface area contributed by atoms with E-state index in [1.807, 2.05) is 0 Å². The van der Waals surface area contributed by atoms with E-state index in [1.54, 1.807) is 25.2 Å². The molecule has 132 valence electrons. The monoisotopic (exact) mass is 347 g/mol. The Bertz CT molecular complexity index is 756. The van der Waals surface area contributed by atoms with Crippen molar-refractivity contribution in [1.29, 1.82) is 0 Å². The molecule has 1 aliphatic rings. The van der Waals surface area contributed by atoms with Gasteiger partial charge in [0.2, 0.25) is 0 Å². The van der Waals surface area contributed by atoms with E-state index in [1.165, 1.54) is 24.3 Å². The Morgan fingerprint density at radius 2 is 1.72 bits per heavy atom. The second-order valence-corrected chi connectivity index (χ2v) is 6.07. The number of nitrogens with zero attached hydrogens (tertiary/aromatic N) is 1. The van der Waals surface area contributed by atoms with E-state index in [-0.39, 0.29) is 23.3 Å². The molecule has 0 radical (unpaired) electrons. The maximum Gasteiger partial charge on any atom is 0.191 e. The van der Waals surface area contributed by atoms with Gasteiger partial charge in [-0.2, -0.15) is 0 Å². The molecule has 2 aromatic carbocycles. The average Bonchev–Trinajstić information content (AvgIpc) is 3.34. The quantitative estimate of drug-likeness (QED) is 0.643. The van der Waals surface area contributed by atoms with Crippen LogP contribution in [0.2, 0.25) is 0 Å². The van der Waals surface area contributed by atoms with Gasteiger partial charge in [-0.25, -0.2) is 13.2 Å². The van der Waals surface area contributed by atoms with Gasteiger partial charge in [0.1, 0.15) is 17.5 Å². The minimum absolute atomic E-state index is 0.0638. The van der Waals surface area contributed by atoms with Crippen LogP contribution in [0.1, 0.15) is 23.5 Å². The summed E-state index contributed by atoms with van der Waals surface area (Å²) in [5.41, 5.74) is 0.755. The summed E-state index contributed by atoms with van der Waals surface area (Å²) in [5, 5.41) is 6.26. The lowest BCUT2D eigenvalue weighted by atomic mass is 10.1. The van der Waals surface area contributed by atoms with Crippen LogP contribution in [-0.4, -0.2) is 25.6 Å². The maximum atomic E-state index is 13.8. The molecule has 0 spiro atoms. The molecule has 25 heavy (non-hydrogen) atoms. The Kier molecular flexibility index (Phi) is 5.26. The Labute approximate surface area is 145 Å². The second kappa shape index (κ2) is 7.59. The Balaban J connectivity index is 1.52. The molecule has 2 aromatic rings. The van der Waals surface area contributed by atoms with Crippen molar-refractivity contribution >= 4 is 5.96 Å². The van der Waals surface area contributed by atoms with E-state index in [0.29, 0.717) is 30.9 Å². The van der Waals surface area contributed by atoms with Crippen LogP contribution < -0.4 is 10.6 Å². The topological polar surface area (TPSA) is 36.4 Å². The summed E-state index contributed by atoms with van der Waals surface area (Å²) < 4.78 is 41.2. The number of benzene rings is 2. The van der Waals surface area contributed by atoms with E-state index in [9.17, 15) is 13.2 Å². The minimum Gasteiger partial charge on any atom is -0.356 e. The van der Waals surface area contributed by atoms with Crippen molar-refractivity contribution < 1.29 is 13.2 Å². The number of hydrogen-bond donors (Lipinski definition) is 2. The maximum absolute atomic E-state index is 13.8. The highest BCUT2D eigenvalue weighted by Gasteiger charge is 2.42. The van der Waals surface area contributed by atoms with Gasteiger partial charge in [0, 0.05) is 31.1 Å². The summed E-state index contributed by atoms with van der Waals surface area (Å²) in [6.45, 7) is 0.506. The molecule has 1 saturated carbocycles. The van der Waals surface area contributed by atoms with Crippen molar-refractivity contribution in [2.24, 2.45) is 4.99 Å². The summed E-state index contributed by atoms with van der Waals surface area (Å²) >= 11 is 0. The van der Waals surface area contributed by atoms with Gasteiger partial charge in [-0.05, 0) is 36.6 Å². The summed E-state index contributed by atoms with van der Waals surface area (Å²) in [6, 6.07) is 10.5. The average molecular weight is 347 g/mol. The standard InChI is InChI=1S/C19H20F3N3/c1-23-19(24-10-9-12-5-2-3-6-14(12)20)25-17-11-13(17)18-15(21)7-4-8-16(18)22/h2-8,13,17H,9-11H2,1H3,(H2,23,24,25). The van der Waals surface area contributed by atoms with Gasteiger partial charge >= 0.3 is 0 Å². The highest BCUT2D eigenvalue weighted by atomic mass is 19.1. The highest BCUT2D eigenvalue weighted by Crippen LogP contribution is 2.42. The fourth-order valence-electron chi connectivity index (χ4n) is 2.93. The zero-order valence-electron chi connectivity index (χ0n) is 13.9. The third-order valence-corrected chi connectivity index (χ3v) is 4.35. The first-order valence-corrected chi connectivity index (χ1v) is 8.24. The fourth-order valence-corrected chi connectivity index (χ4v) is 2.93. The molecule has 0 aromatic heterocycles. The van der Waals surface area contributed by atoms with Crippen LogP contribution in [-0.2, 0) is 6.42 Å². The van der Waals surface area contributed by atoms with Crippen LogP contribution in [0, 0.1) is 17.5 Å². The van der Waals surface area contributed by atoms with E-state index < -0.39 is 11.6 Å². The molecule has 2 unspecified atom stereocenters. The molecule has 6 heteroatoms. The second-order valence-electron chi connectivity index (χ2n) is 6.07. The third-order valence-electron chi connectivity index (χ3n) is 4.35. The Hall–Kier alpha value is -2.50. The number of halogens is 3. The molecule has 0 heterocycles. The number of rotatable bonds is 5. The zero-order valence-corrected chi connectivity index (χ0v) is 13.9. The van der Waals surface area contributed by atoms with E-state index in [2.05, 4.69) is 15.6 Å². The molecule has 0 bridgehead atoms. The van der Waals surface area contributed by atoms with Crippen molar-refractivity contribution in [2.45, 2.75) is 24.8 Å². The number of nitrogens with one attached hydrogen (secondary N) is 2. The lowest BCUT2D eigenvalue weighted by molar-refractivity contribution is 0.553. The Morgan fingerprint density at radius 3 is 2.40 bits per heavy atom. The number of guanidine groups is 1. The smallest absolute Gasteiger partial charge is 0.191 e. The summed E-state index contributed by atoms with van der Waals surface area (Å²) in [5.74, 6) is -0.926. The molecule has 3 rings (SSSR count). The fraction of sp³-hybridized carbons (Fsp3) is 0.316. The van der Waals surface area contributed by atoms with Crippen LogP contribution in [0.5, 0.6) is 0 Å². The predicted octanol–water partition coefficient (Wildman–Crippen LogP) is 3.37. The van der Waals surface area contributed by atoms with Gasteiger partial charge in [0.25, 0.3) is 0 Å². The van der Waals surface area contributed by atoms with Crippen molar-refractivity contribution in [3.05, 3.63) is 71.0 Å². The first-order chi connectivity index (χ1) is 12.1. The van der Waals surface area contributed by atoms with Crippen molar-refractivity contribution in [1.82, 2.24) is 10.6 Å². The SMILES string of the molecule is CN=C(NCCc1ccccc1F)NC1CC1c1c(F)cccc1F. The van der Waals surface area contributed by atoms with Crippen LogP contribution in [0.3, 0.4) is 0 Å². The molecule has 1 aliphatic carbocycles. The van der Waals surface area contributed by atoms with Crippen molar-refractivity contribution in [3.8, 4) is 0 Å². The normalized spacial score (nSPS) is 19.6. The molecule has 3 nitrogen and oxygen atoms in total. The highest BCUT2D eigenvalue weighted by molar-refractivity contribution is 5.80. The summed E-state index contributed by atoms with van der Waals surface area (Å²) in [4.78, 5) is 4.11. The lowest BCUT2D eigenvalue weighted by Gasteiger charge is -2.12. The minimum atomic E-state index is -0.517. The van der Waals surface area contributed by atoms with Gasteiger partial charge < -0.3 is 10.6 Å².